The Bertz CT molecular complexity index is 1050. The molecule has 0 saturated heterocycles. The highest BCUT2D eigenvalue weighted by Crippen LogP contribution is 2.37. The van der Waals surface area contributed by atoms with Crippen LogP contribution in [0.25, 0.3) is 0 Å². The number of hydrogen-bond donors (Lipinski definition) is 1. The van der Waals surface area contributed by atoms with Gasteiger partial charge in [0.05, 0.1) is 17.4 Å². The van der Waals surface area contributed by atoms with E-state index in [4.69, 9.17) is 4.42 Å². The van der Waals surface area contributed by atoms with Crippen LogP contribution in [0.4, 0.5) is 5.82 Å². The Morgan fingerprint density at radius 1 is 1.27 bits per heavy atom. The zero-order valence-electron chi connectivity index (χ0n) is 14.0. The summed E-state index contributed by atoms with van der Waals surface area (Å²) in [5.74, 6) is 1.12. The van der Waals surface area contributed by atoms with Gasteiger partial charge in [-0.1, -0.05) is 12.1 Å². The number of benzene rings is 1. The summed E-state index contributed by atoms with van der Waals surface area (Å²) < 4.78 is 30.3. The smallest absolute Gasteiger partial charge is 0.226 e. The van der Waals surface area contributed by atoms with Crippen molar-refractivity contribution in [3.05, 3.63) is 65.7 Å². The molecule has 1 aliphatic heterocycles. The van der Waals surface area contributed by atoms with Crippen LogP contribution in [0.15, 0.2) is 58.2 Å². The molecule has 1 N–H and O–H groups in total. The summed E-state index contributed by atoms with van der Waals surface area (Å²) in [5, 5.41) is 7.27. The number of nitrogens with one attached hydrogen (secondary N) is 1. The quantitative estimate of drug-likeness (QED) is 0.760. The summed E-state index contributed by atoms with van der Waals surface area (Å²) in [5.41, 5.74) is 1.79. The number of carbonyl (C=O) groups is 1. The zero-order valence-corrected chi connectivity index (χ0v) is 14.9. The highest BCUT2D eigenvalue weighted by molar-refractivity contribution is 7.90. The third-order valence-electron chi connectivity index (χ3n) is 4.49. The summed E-state index contributed by atoms with van der Waals surface area (Å²) >= 11 is 0. The first-order chi connectivity index (χ1) is 12.4. The van der Waals surface area contributed by atoms with E-state index < -0.39 is 9.84 Å². The van der Waals surface area contributed by atoms with Gasteiger partial charge in [-0.15, -0.1) is 0 Å². The maximum absolute atomic E-state index is 12.2. The lowest BCUT2D eigenvalue weighted by Crippen LogP contribution is -2.25. The van der Waals surface area contributed by atoms with Crippen molar-refractivity contribution in [3.8, 4) is 0 Å². The number of aromatic nitrogens is 2. The second-order valence-corrected chi connectivity index (χ2v) is 8.35. The van der Waals surface area contributed by atoms with E-state index in [-0.39, 0.29) is 23.1 Å². The van der Waals surface area contributed by atoms with Gasteiger partial charge in [0.25, 0.3) is 0 Å². The predicted molar refractivity (Wildman–Crippen MR) is 94.7 cm³/mol. The van der Waals surface area contributed by atoms with Crippen LogP contribution in [0, 0.1) is 0 Å². The topological polar surface area (TPSA) is 94.2 Å². The Balaban J connectivity index is 1.69. The molecule has 4 rings (SSSR count). The number of anilines is 1. The number of hydrogen-bond acceptors (Lipinski definition) is 5. The molecule has 0 aliphatic carbocycles. The van der Waals surface area contributed by atoms with Crippen molar-refractivity contribution < 1.29 is 17.6 Å². The van der Waals surface area contributed by atoms with Gasteiger partial charge >= 0.3 is 0 Å². The molecule has 7 nitrogen and oxygen atoms in total. The molecule has 0 spiro atoms. The number of furan rings is 1. The van der Waals surface area contributed by atoms with Crippen molar-refractivity contribution in [2.75, 3.05) is 11.6 Å². The second kappa shape index (κ2) is 6.14. The van der Waals surface area contributed by atoms with Crippen molar-refractivity contribution in [3.63, 3.8) is 0 Å². The fraction of sp³-hybridized carbons (Fsp3) is 0.222. The monoisotopic (exact) mass is 371 g/mol. The Labute approximate surface area is 150 Å². The van der Waals surface area contributed by atoms with Crippen LogP contribution in [0.1, 0.15) is 29.2 Å². The van der Waals surface area contributed by atoms with Gasteiger partial charge in [-0.05, 0) is 29.8 Å². The maximum Gasteiger partial charge on any atom is 0.226 e. The first-order valence-corrected chi connectivity index (χ1v) is 9.99. The Morgan fingerprint density at radius 3 is 2.69 bits per heavy atom. The predicted octanol–water partition coefficient (Wildman–Crippen LogP) is 2.40. The van der Waals surface area contributed by atoms with Crippen LogP contribution in [0.5, 0.6) is 0 Å². The molecular formula is C18H17N3O4S. The number of nitrogens with zero attached hydrogens (tertiary/aromatic N) is 2. The van der Waals surface area contributed by atoms with E-state index >= 15 is 0 Å². The van der Waals surface area contributed by atoms with Crippen molar-refractivity contribution in [2.45, 2.75) is 23.8 Å². The number of sulfone groups is 1. The summed E-state index contributed by atoms with van der Waals surface area (Å²) in [4.78, 5) is 12.5. The molecular weight excluding hydrogens is 354 g/mol. The average molecular weight is 371 g/mol. The maximum atomic E-state index is 12.2. The molecule has 1 aromatic carbocycles. The zero-order chi connectivity index (χ0) is 18.3. The van der Waals surface area contributed by atoms with E-state index in [9.17, 15) is 13.2 Å². The van der Waals surface area contributed by atoms with Crippen LogP contribution in [0.3, 0.4) is 0 Å². The first-order valence-electron chi connectivity index (χ1n) is 8.10. The number of fused-ring (bicyclic) bond motifs is 1. The van der Waals surface area contributed by atoms with E-state index in [2.05, 4.69) is 10.4 Å². The molecule has 2 aromatic heterocycles. The molecule has 0 saturated carbocycles. The summed E-state index contributed by atoms with van der Waals surface area (Å²) in [6, 6.07) is 10.3. The molecule has 26 heavy (non-hydrogen) atoms. The number of rotatable bonds is 4. The van der Waals surface area contributed by atoms with Crippen molar-refractivity contribution >= 4 is 21.6 Å². The molecule has 3 aromatic rings. The standard InChI is InChI=1S/C18H17N3O4S/c1-26(23,24)14-6-4-12(5-7-14)15-9-17(22)20-18-16(15)10-19-21(18)11-13-3-2-8-25-13/h2-8,10,15H,9,11H2,1H3,(H,20,22)/t15-/m1/s1. The molecule has 1 aliphatic rings. The largest absolute Gasteiger partial charge is 0.467 e. The summed E-state index contributed by atoms with van der Waals surface area (Å²) in [6.07, 6.45) is 4.80. The molecule has 3 heterocycles. The van der Waals surface area contributed by atoms with E-state index in [1.807, 2.05) is 6.07 Å². The van der Waals surface area contributed by atoms with Crippen molar-refractivity contribution in [1.82, 2.24) is 9.78 Å². The molecule has 0 unspecified atom stereocenters. The molecule has 0 fully saturated rings. The van der Waals surface area contributed by atoms with E-state index in [0.717, 1.165) is 16.9 Å². The van der Waals surface area contributed by atoms with Gasteiger partial charge in [-0.2, -0.15) is 5.10 Å². The van der Waals surface area contributed by atoms with Crippen LogP contribution in [-0.4, -0.2) is 30.4 Å². The lowest BCUT2D eigenvalue weighted by molar-refractivity contribution is -0.116. The second-order valence-electron chi connectivity index (χ2n) is 6.33. The Kier molecular flexibility index (Phi) is 3.91. The summed E-state index contributed by atoms with van der Waals surface area (Å²) in [7, 11) is -3.25. The highest BCUT2D eigenvalue weighted by Gasteiger charge is 2.30. The lowest BCUT2D eigenvalue weighted by Gasteiger charge is -2.23. The Morgan fingerprint density at radius 2 is 2.04 bits per heavy atom. The van der Waals surface area contributed by atoms with Crippen LogP contribution < -0.4 is 5.32 Å². The fourth-order valence-electron chi connectivity index (χ4n) is 3.18. The number of carbonyl (C=O) groups excluding carboxylic acids is 1. The van der Waals surface area contributed by atoms with Gasteiger partial charge in [-0.3, -0.25) is 4.79 Å². The molecule has 0 bridgehead atoms. The van der Waals surface area contributed by atoms with E-state index in [1.54, 1.807) is 47.5 Å². The fourth-order valence-corrected chi connectivity index (χ4v) is 3.82. The summed E-state index contributed by atoms with van der Waals surface area (Å²) in [6.45, 7) is 0.419. The van der Waals surface area contributed by atoms with Crippen LogP contribution in [-0.2, 0) is 21.2 Å². The minimum Gasteiger partial charge on any atom is -0.467 e. The normalized spacial score (nSPS) is 17.0. The minimum atomic E-state index is -3.25. The van der Waals surface area contributed by atoms with Gasteiger partial charge in [0.2, 0.25) is 5.91 Å². The first kappa shape index (κ1) is 16.6. The van der Waals surface area contributed by atoms with Crippen molar-refractivity contribution in [1.29, 1.82) is 0 Å². The number of amides is 1. The van der Waals surface area contributed by atoms with E-state index in [0.29, 0.717) is 12.4 Å². The van der Waals surface area contributed by atoms with Gasteiger partial charge in [-0.25, -0.2) is 13.1 Å². The molecule has 1 amide bonds. The Hall–Kier alpha value is -2.87. The molecule has 134 valence electrons. The van der Waals surface area contributed by atoms with Gasteiger partial charge in [0, 0.05) is 24.2 Å². The SMILES string of the molecule is CS(=O)(=O)c1ccc([C@H]2CC(=O)Nc3c2cnn3Cc2ccco2)cc1. The lowest BCUT2D eigenvalue weighted by atomic mass is 9.87. The highest BCUT2D eigenvalue weighted by atomic mass is 32.2. The third-order valence-corrected chi connectivity index (χ3v) is 5.62. The third kappa shape index (κ3) is 3.03. The molecule has 8 heteroatoms. The molecule has 0 radical (unpaired) electrons. The van der Waals surface area contributed by atoms with Gasteiger partial charge < -0.3 is 9.73 Å². The van der Waals surface area contributed by atoms with Gasteiger partial charge in [0.1, 0.15) is 18.1 Å². The van der Waals surface area contributed by atoms with Crippen molar-refractivity contribution in [2.24, 2.45) is 0 Å². The average Bonchev–Trinajstić information content (AvgIpc) is 3.24. The van der Waals surface area contributed by atoms with Crippen LogP contribution in [0.2, 0.25) is 0 Å². The molecule has 1 atom stereocenters. The minimum absolute atomic E-state index is 0.101. The van der Waals surface area contributed by atoms with Crippen LogP contribution >= 0.6 is 0 Å². The van der Waals surface area contributed by atoms with E-state index in [1.165, 1.54) is 6.26 Å². The van der Waals surface area contributed by atoms with Gasteiger partial charge in [0.15, 0.2) is 9.84 Å².